The average Bonchev–Trinajstić information content (AvgIpc) is 2.45. The molecule has 1 saturated heterocycles. The molecular weight excluding hydrogens is 312 g/mol. The first-order valence-corrected chi connectivity index (χ1v) is 8.33. The number of rotatable bonds is 4. The number of nitrogens with zero attached hydrogens (tertiary/aromatic N) is 3. The van der Waals surface area contributed by atoms with Crippen LogP contribution in [-0.4, -0.2) is 56.0 Å². The molecule has 120 valence electrons. The summed E-state index contributed by atoms with van der Waals surface area (Å²) in [5.74, 6) is -0.872. The number of amides is 1. The van der Waals surface area contributed by atoms with Gasteiger partial charge >= 0.3 is 0 Å². The van der Waals surface area contributed by atoms with E-state index in [0.29, 0.717) is 31.9 Å². The zero-order valence-electron chi connectivity index (χ0n) is 11.9. The van der Waals surface area contributed by atoms with Gasteiger partial charge in [-0.1, -0.05) is 0 Å². The molecule has 2 rings (SSSR count). The van der Waals surface area contributed by atoms with E-state index in [-0.39, 0.29) is 11.3 Å². The van der Waals surface area contributed by atoms with Crippen molar-refractivity contribution in [3.63, 3.8) is 0 Å². The second-order valence-corrected chi connectivity index (χ2v) is 6.95. The van der Waals surface area contributed by atoms with Crippen LogP contribution in [0, 0.1) is 10.1 Å². The lowest BCUT2D eigenvalue weighted by Gasteiger charge is -2.34. The summed E-state index contributed by atoms with van der Waals surface area (Å²) < 4.78 is 24.3. The molecule has 22 heavy (non-hydrogen) atoms. The molecule has 0 unspecified atom stereocenters. The van der Waals surface area contributed by atoms with Crippen LogP contribution in [0.3, 0.4) is 0 Å². The Balaban J connectivity index is 2.23. The van der Waals surface area contributed by atoms with E-state index in [1.807, 2.05) is 4.90 Å². The Kier molecular flexibility index (Phi) is 4.33. The number of benzene rings is 1. The van der Waals surface area contributed by atoms with Crippen LogP contribution in [0.15, 0.2) is 18.2 Å². The number of hydrogen-bond donors (Lipinski definition) is 1. The summed E-state index contributed by atoms with van der Waals surface area (Å²) in [6, 6.07) is 4.13. The first-order valence-electron chi connectivity index (χ1n) is 6.48. The number of nitro groups is 1. The fourth-order valence-corrected chi connectivity index (χ4v) is 3.18. The molecule has 0 aromatic heterocycles. The Morgan fingerprint density at radius 2 is 1.86 bits per heavy atom. The van der Waals surface area contributed by atoms with Crippen LogP contribution in [0.1, 0.15) is 10.4 Å². The van der Waals surface area contributed by atoms with E-state index in [4.69, 9.17) is 5.73 Å². The highest BCUT2D eigenvalue weighted by atomic mass is 32.2. The highest BCUT2D eigenvalue weighted by Gasteiger charge is 2.25. The first kappa shape index (κ1) is 16.2. The molecule has 0 spiro atoms. The summed E-state index contributed by atoms with van der Waals surface area (Å²) in [5.41, 5.74) is 5.28. The van der Waals surface area contributed by atoms with E-state index < -0.39 is 20.9 Å². The molecular formula is C12H16N4O5S. The van der Waals surface area contributed by atoms with Crippen LogP contribution in [0.25, 0.3) is 0 Å². The van der Waals surface area contributed by atoms with Gasteiger partial charge in [0.2, 0.25) is 10.0 Å². The normalized spacial score (nSPS) is 16.5. The second-order valence-electron chi connectivity index (χ2n) is 4.97. The average molecular weight is 328 g/mol. The number of anilines is 1. The van der Waals surface area contributed by atoms with Crippen molar-refractivity contribution < 1.29 is 18.1 Å². The van der Waals surface area contributed by atoms with Crippen molar-refractivity contribution in [3.8, 4) is 0 Å². The van der Waals surface area contributed by atoms with E-state index in [1.54, 1.807) is 0 Å². The van der Waals surface area contributed by atoms with Crippen molar-refractivity contribution in [2.45, 2.75) is 0 Å². The van der Waals surface area contributed by atoms with Crippen molar-refractivity contribution >= 4 is 27.3 Å². The summed E-state index contributed by atoms with van der Waals surface area (Å²) in [6.07, 6.45) is 1.15. The van der Waals surface area contributed by atoms with Crippen molar-refractivity contribution in [2.24, 2.45) is 5.73 Å². The van der Waals surface area contributed by atoms with Gasteiger partial charge in [-0.05, 0) is 12.1 Å². The lowest BCUT2D eigenvalue weighted by atomic mass is 10.1. The Bertz CT molecular complexity index is 710. The number of nitrogens with two attached hydrogens (primary N) is 1. The van der Waals surface area contributed by atoms with Crippen molar-refractivity contribution in [2.75, 3.05) is 37.3 Å². The summed E-state index contributed by atoms with van der Waals surface area (Å²) >= 11 is 0. The lowest BCUT2D eigenvalue weighted by molar-refractivity contribution is -0.385. The van der Waals surface area contributed by atoms with Gasteiger partial charge in [0, 0.05) is 37.9 Å². The molecule has 9 nitrogen and oxygen atoms in total. The van der Waals surface area contributed by atoms with Crippen molar-refractivity contribution in [1.29, 1.82) is 0 Å². The van der Waals surface area contributed by atoms with Crippen LogP contribution in [0.4, 0.5) is 11.4 Å². The molecule has 1 aliphatic rings. The number of piperazine rings is 1. The van der Waals surface area contributed by atoms with Crippen LogP contribution in [-0.2, 0) is 10.0 Å². The molecule has 1 fully saturated rings. The van der Waals surface area contributed by atoms with Gasteiger partial charge in [-0.2, -0.15) is 4.31 Å². The maximum atomic E-state index is 11.5. The number of nitro benzene ring substituents is 1. The quantitative estimate of drug-likeness (QED) is 0.601. The number of hydrogen-bond acceptors (Lipinski definition) is 6. The number of sulfonamides is 1. The zero-order valence-corrected chi connectivity index (χ0v) is 12.7. The molecule has 1 heterocycles. The number of carbonyl (C=O) groups excluding carboxylic acids is 1. The van der Waals surface area contributed by atoms with Crippen LogP contribution < -0.4 is 10.6 Å². The number of carbonyl (C=O) groups is 1. The standard InChI is InChI=1S/C12H16N4O5S/c1-22(20,21)15-6-4-14(5-7-15)9-2-3-11(16(18)19)10(8-9)12(13)17/h2-3,8H,4-7H2,1H3,(H2,13,17). The van der Waals surface area contributed by atoms with Gasteiger partial charge in [0.25, 0.3) is 11.6 Å². The van der Waals surface area contributed by atoms with Crippen LogP contribution in [0.5, 0.6) is 0 Å². The maximum Gasteiger partial charge on any atom is 0.282 e. The molecule has 1 amide bonds. The Morgan fingerprint density at radius 3 is 2.32 bits per heavy atom. The Labute approximate surface area is 127 Å². The molecule has 1 aliphatic heterocycles. The summed E-state index contributed by atoms with van der Waals surface area (Å²) in [7, 11) is -3.23. The lowest BCUT2D eigenvalue weighted by Crippen LogP contribution is -2.48. The summed E-state index contributed by atoms with van der Waals surface area (Å²) in [4.78, 5) is 23.4. The molecule has 1 aromatic carbocycles. The minimum atomic E-state index is -3.23. The highest BCUT2D eigenvalue weighted by molar-refractivity contribution is 7.88. The van der Waals surface area contributed by atoms with Gasteiger partial charge < -0.3 is 10.6 Å². The zero-order chi connectivity index (χ0) is 16.5. The van der Waals surface area contributed by atoms with Crippen LogP contribution in [0.2, 0.25) is 0 Å². The topological polar surface area (TPSA) is 127 Å². The minimum absolute atomic E-state index is 0.159. The molecule has 2 N–H and O–H groups in total. The van der Waals surface area contributed by atoms with Crippen LogP contribution >= 0.6 is 0 Å². The Morgan fingerprint density at radius 1 is 1.27 bits per heavy atom. The molecule has 10 heteroatoms. The predicted octanol–water partition coefficient (Wildman–Crippen LogP) is -0.225. The maximum absolute atomic E-state index is 11.5. The minimum Gasteiger partial charge on any atom is -0.369 e. The monoisotopic (exact) mass is 328 g/mol. The molecule has 0 radical (unpaired) electrons. The smallest absolute Gasteiger partial charge is 0.282 e. The number of primary amides is 1. The van der Waals surface area contributed by atoms with E-state index >= 15 is 0 Å². The van der Waals surface area contributed by atoms with E-state index in [9.17, 15) is 23.3 Å². The third kappa shape index (κ3) is 3.34. The van der Waals surface area contributed by atoms with Crippen molar-refractivity contribution in [1.82, 2.24) is 4.31 Å². The van der Waals surface area contributed by atoms with Gasteiger partial charge in [-0.25, -0.2) is 8.42 Å². The summed E-state index contributed by atoms with van der Waals surface area (Å²) in [5, 5.41) is 10.9. The SMILES string of the molecule is CS(=O)(=O)N1CCN(c2ccc([N+](=O)[O-])c(C(N)=O)c2)CC1. The first-order chi connectivity index (χ1) is 10.2. The molecule has 0 saturated carbocycles. The van der Waals surface area contributed by atoms with Gasteiger partial charge in [0.05, 0.1) is 11.2 Å². The summed E-state index contributed by atoms with van der Waals surface area (Å²) in [6.45, 7) is 1.51. The predicted molar refractivity (Wildman–Crippen MR) is 80.2 cm³/mol. The molecule has 1 aromatic rings. The third-order valence-electron chi connectivity index (χ3n) is 3.52. The third-order valence-corrected chi connectivity index (χ3v) is 4.82. The van der Waals surface area contributed by atoms with E-state index in [0.717, 1.165) is 6.26 Å². The van der Waals surface area contributed by atoms with Gasteiger partial charge in [-0.15, -0.1) is 0 Å². The fourth-order valence-electron chi connectivity index (χ4n) is 2.36. The molecule has 0 bridgehead atoms. The van der Waals surface area contributed by atoms with E-state index in [2.05, 4.69) is 0 Å². The largest absolute Gasteiger partial charge is 0.369 e. The van der Waals surface area contributed by atoms with Gasteiger partial charge in [-0.3, -0.25) is 14.9 Å². The van der Waals surface area contributed by atoms with Gasteiger partial charge in [0.1, 0.15) is 5.56 Å². The highest BCUT2D eigenvalue weighted by Crippen LogP contribution is 2.25. The fraction of sp³-hybridized carbons (Fsp3) is 0.417. The van der Waals surface area contributed by atoms with E-state index in [1.165, 1.54) is 22.5 Å². The van der Waals surface area contributed by atoms with Crippen molar-refractivity contribution in [3.05, 3.63) is 33.9 Å². The second kappa shape index (κ2) is 5.89. The molecule has 0 atom stereocenters. The molecule has 0 aliphatic carbocycles. The van der Waals surface area contributed by atoms with Gasteiger partial charge in [0.15, 0.2) is 0 Å². The Hall–Kier alpha value is -2.20.